The predicted molar refractivity (Wildman–Crippen MR) is 68.4 cm³/mol. The molecule has 1 aromatic rings. The summed E-state index contributed by atoms with van der Waals surface area (Å²) in [6.45, 7) is 3.68. The van der Waals surface area contributed by atoms with E-state index in [0.717, 1.165) is 18.8 Å². The summed E-state index contributed by atoms with van der Waals surface area (Å²) in [5.74, 6) is -0.668. The van der Waals surface area contributed by atoms with Crippen molar-refractivity contribution in [1.29, 1.82) is 0 Å². The molecule has 0 saturated heterocycles. The van der Waals surface area contributed by atoms with E-state index in [0.29, 0.717) is 16.1 Å². The van der Waals surface area contributed by atoms with Crippen LogP contribution in [0.3, 0.4) is 0 Å². The number of aryl methyl sites for hydroxylation is 1. The highest BCUT2D eigenvalue weighted by Crippen LogP contribution is 2.38. The van der Waals surface area contributed by atoms with E-state index in [1.807, 2.05) is 13.8 Å². The van der Waals surface area contributed by atoms with Crippen LogP contribution >= 0.6 is 11.8 Å². The highest BCUT2D eigenvalue weighted by atomic mass is 32.2. The molecular weight excluding hydrogens is 295 g/mol. The Labute approximate surface area is 117 Å². The van der Waals surface area contributed by atoms with Gasteiger partial charge < -0.3 is 9.94 Å². The third-order valence-corrected chi connectivity index (χ3v) is 3.73. The molecule has 112 valence electrons. The second-order valence-electron chi connectivity index (χ2n) is 5.07. The van der Waals surface area contributed by atoms with E-state index < -0.39 is 23.4 Å². The molecule has 1 aliphatic heterocycles. The van der Waals surface area contributed by atoms with Crippen LogP contribution in [0.2, 0.25) is 0 Å². The number of hydrogen-bond acceptors (Lipinski definition) is 5. The van der Waals surface area contributed by atoms with Gasteiger partial charge in [-0.1, -0.05) is 5.16 Å². The summed E-state index contributed by atoms with van der Waals surface area (Å²) in [5.41, 5.74) is -1.62. The van der Waals surface area contributed by atoms with Crippen LogP contribution < -0.4 is 0 Å². The smallest absolute Gasteiger partial charge is 0.433 e. The van der Waals surface area contributed by atoms with Crippen molar-refractivity contribution in [2.75, 3.05) is 0 Å². The zero-order valence-corrected chi connectivity index (χ0v) is 12.0. The van der Waals surface area contributed by atoms with E-state index in [1.165, 1.54) is 0 Å². The molecule has 0 aromatic carbocycles. The summed E-state index contributed by atoms with van der Waals surface area (Å²) < 4.78 is 39.4. The van der Waals surface area contributed by atoms with Gasteiger partial charge in [0.25, 0.3) is 0 Å². The molecule has 1 aliphatic rings. The maximum Gasteiger partial charge on any atom is 0.433 e. The summed E-state index contributed by atoms with van der Waals surface area (Å²) in [7, 11) is 1.15. The molecule has 1 N–H and O–H groups in total. The third-order valence-electron chi connectivity index (χ3n) is 2.75. The summed E-state index contributed by atoms with van der Waals surface area (Å²) in [6.07, 6.45) is -4.04. The SMILES string of the molecule is Cn1nc(O)c(CSC2=NOC(C)(C)C2)c1C(F)(F)F. The first kappa shape index (κ1) is 15.0. The Morgan fingerprint density at radius 2 is 2.10 bits per heavy atom. The van der Waals surface area contributed by atoms with Gasteiger partial charge >= 0.3 is 6.18 Å². The molecule has 0 fully saturated rings. The summed E-state index contributed by atoms with van der Waals surface area (Å²) in [5, 5.41) is 17.4. The minimum atomic E-state index is -4.56. The van der Waals surface area contributed by atoms with E-state index in [-0.39, 0.29) is 11.3 Å². The highest BCUT2D eigenvalue weighted by molar-refractivity contribution is 8.13. The Bertz CT molecular complexity index is 552. The van der Waals surface area contributed by atoms with Crippen LogP contribution in [0.1, 0.15) is 31.5 Å². The van der Waals surface area contributed by atoms with Gasteiger partial charge in [-0.05, 0) is 13.8 Å². The molecule has 0 atom stereocenters. The second-order valence-corrected chi connectivity index (χ2v) is 6.12. The first-order chi connectivity index (χ1) is 9.10. The first-order valence-electron chi connectivity index (χ1n) is 5.80. The van der Waals surface area contributed by atoms with Gasteiger partial charge in [-0.3, -0.25) is 4.68 Å². The van der Waals surface area contributed by atoms with Crippen LogP contribution in [-0.4, -0.2) is 25.5 Å². The Morgan fingerprint density at radius 1 is 1.45 bits per heavy atom. The van der Waals surface area contributed by atoms with Crippen molar-refractivity contribution in [1.82, 2.24) is 9.78 Å². The molecule has 5 nitrogen and oxygen atoms in total. The van der Waals surface area contributed by atoms with Crippen molar-refractivity contribution in [2.24, 2.45) is 12.2 Å². The number of halogens is 3. The van der Waals surface area contributed by atoms with E-state index in [2.05, 4.69) is 10.3 Å². The van der Waals surface area contributed by atoms with Gasteiger partial charge in [-0.2, -0.15) is 13.2 Å². The maximum atomic E-state index is 12.9. The molecule has 0 bridgehead atoms. The van der Waals surface area contributed by atoms with Crippen molar-refractivity contribution in [2.45, 2.75) is 37.8 Å². The number of nitrogens with zero attached hydrogens (tertiary/aromatic N) is 3. The molecular formula is C11H14F3N3O2S. The molecule has 0 aliphatic carbocycles. The zero-order valence-electron chi connectivity index (χ0n) is 11.2. The topological polar surface area (TPSA) is 59.6 Å². The normalized spacial score (nSPS) is 18.0. The fourth-order valence-corrected chi connectivity index (χ4v) is 2.99. The molecule has 2 heterocycles. The largest absolute Gasteiger partial charge is 0.492 e. The quantitative estimate of drug-likeness (QED) is 0.912. The van der Waals surface area contributed by atoms with Crippen molar-refractivity contribution < 1.29 is 23.1 Å². The number of aromatic hydroxyl groups is 1. The lowest BCUT2D eigenvalue weighted by atomic mass is 10.1. The van der Waals surface area contributed by atoms with Crippen LogP contribution in [0.4, 0.5) is 13.2 Å². The van der Waals surface area contributed by atoms with Crippen molar-refractivity contribution in [3.05, 3.63) is 11.3 Å². The molecule has 0 saturated carbocycles. The average Bonchev–Trinajstić information content (AvgIpc) is 2.74. The molecule has 0 radical (unpaired) electrons. The van der Waals surface area contributed by atoms with Gasteiger partial charge in [0.1, 0.15) is 16.3 Å². The second kappa shape index (κ2) is 4.87. The van der Waals surface area contributed by atoms with Crippen LogP contribution in [0.15, 0.2) is 5.16 Å². The Morgan fingerprint density at radius 3 is 2.60 bits per heavy atom. The number of hydrogen-bond donors (Lipinski definition) is 1. The number of rotatable bonds is 2. The van der Waals surface area contributed by atoms with Crippen molar-refractivity contribution in [3.63, 3.8) is 0 Å². The van der Waals surface area contributed by atoms with E-state index in [1.54, 1.807) is 0 Å². The molecule has 9 heteroatoms. The van der Waals surface area contributed by atoms with Crippen molar-refractivity contribution >= 4 is 16.8 Å². The van der Waals surface area contributed by atoms with E-state index >= 15 is 0 Å². The predicted octanol–water partition coefficient (Wildman–Crippen LogP) is 2.89. The average molecular weight is 309 g/mol. The van der Waals surface area contributed by atoms with Gasteiger partial charge in [0.15, 0.2) is 0 Å². The van der Waals surface area contributed by atoms with Crippen LogP contribution in [0.5, 0.6) is 5.88 Å². The first-order valence-corrected chi connectivity index (χ1v) is 6.78. The minimum absolute atomic E-state index is 0.0627. The van der Waals surface area contributed by atoms with Gasteiger partial charge in [0.2, 0.25) is 5.88 Å². The number of alkyl halides is 3. The maximum absolute atomic E-state index is 12.9. The summed E-state index contributed by atoms with van der Waals surface area (Å²) >= 11 is 1.11. The molecule has 1 aromatic heterocycles. The van der Waals surface area contributed by atoms with Crippen molar-refractivity contribution in [3.8, 4) is 5.88 Å². The van der Waals surface area contributed by atoms with Gasteiger partial charge in [0.05, 0.1) is 5.56 Å². The fraction of sp³-hybridized carbons (Fsp3) is 0.636. The Balaban J connectivity index is 2.15. The molecule has 0 unspecified atom stereocenters. The summed E-state index contributed by atoms with van der Waals surface area (Å²) in [6, 6.07) is 0. The Hall–Kier alpha value is -1.38. The van der Waals surface area contributed by atoms with Crippen LogP contribution in [0, 0.1) is 0 Å². The zero-order chi connectivity index (χ0) is 15.1. The lowest BCUT2D eigenvalue weighted by Gasteiger charge is -2.13. The highest BCUT2D eigenvalue weighted by Gasteiger charge is 2.39. The number of oxime groups is 1. The van der Waals surface area contributed by atoms with Crippen LogP contribution in [-0.2, 0) is 23.8 Å². The lowest BCUT2D eigenvalue weighted by Crippen LogP contribution is -2.18. The molecule has 2 rings (SSSR count). The van der Waals surface area contributed by atoms with Crippen LogP contribution in [0.25, 0.3) is 0 Å². The number of aromatic nitrogens is 2. The lowest BCUT2D eigenvalue weighted by molar-refractivity contribution is -0.144. The van der Waals surface area contributed by atoms with Gasteiger partial charge in [0, 0.05) is 19.2 Å². The molecule has 0 amide bonds. The number of thioether (sulfide) groups is 1. The fourth-order valence-electron chi connectivity index (χ4n) is 1.88. The van der Waals surface area contributed by atoms with E-state index in [9.17, 15) is 18.3 Å². The minimum Gasteiger partial charge on any atom is -0.492 e. The summed E-state index contributed by atoms with van der Waals surface area (Å²) in [4.78, 5) is 5.14. The van der Waals surface area contributed by atoms with Gasteiger partial charge in [-0.15, -0.1) is 16.9 Å². The van der Waals surface area contributed by atoms with Gasteiger partial charge in [-0.25, -0.2) is 0 Å². The Kier molecular flexibility index (Phi) is 3.66. The third kappa shape index (κ3) is 3.02. The monoisotopic (exact) mass is 309 g/mol. The molecule has 20 heavy (non-hydrogen) atoms. The standard InChI is InChI=1S/C11H14F3N3O2S/c1-10(2)4-7(16-19-10)20-5-6-8(11(12,13)14)17(3)15-9(6)18/h4-5H2,1-3H3,(H,15,18). The van der Waals surface area contributed by atoms with E-state index in [4.69, 9.17) is 4.84 Å². The molecule has 0 spiro atoms.